The molecule has 0 amide bonds. The van der Waals surface area contributed by atoms with Crippen LogP contribution in [0.3, 0.4) is 0 Å². The lowest BCUT2D eigenvalue weighted by Gasteiger charge is -2.23. The van der Waals surface area contributed by atoms with Gasteiger partial charge in [-0.05, 0) is 20.3 Å². The number of hydrogen-bond acceptors (Lipinski definition) is 6. The Bertz CT molecular complexity index is 278. The van der Waals surface area contributed by atoms with Gasteiger partial charge in [0.25, 0.3) is 0 Å². The fourth-order valence-corrected chi connectivity index (χ4v) is 1.68. The fraction of sp³-hybridized carbons (Fsp3) is 0.917. The molecule has 0 aromatic rings. The molecule has 1 saturated heterocycles. The lowest BCUT2D eigenvalue weighted by Crippen LogP contribution is -2.42. The van der Waals surface area contributed by atoms with E-state index in [1.54, 1.807) is 13.8 Å². The van der Waals surface area contributed by atoms with E-state index in [0.29, 0.717) is 12.8 Å². The normalized spacial score (nSPS) is 25.7. The first-order valence-electron chi connectivity index (χ1n) is 6.19. The maximum absolute atomic E-state index is 11.1. The highest BCUT2D eigenvalue weighted by Gasteiger charge is 2.39. The molecule has 0 aliphatic carbocycles. The van der Waals surface area contributed by atoms with E-state index in [0.717, 1.165) is 0 Å². The van der Waals surface area contributed by atoms with E-state index in [4.69, 9.17) is 14.2 Å². The number of carbonyl (C=O) groups excluding carboxylic acids is 1. The molecule has 0 spiro atoms. The predicted molar refractivity (Wildman–Crippen MR) is 62.8 cm³/mol. The zero-order valence-corrected chi connectivity index (χ0v) is 11.1. The zero-order valence-electron chi connectivity index (χ0n) is 11.1. The second-order valence-corrected chi connectivity index (χ2v) is 4.86. The fourth-order valence-electron chi connectivity index (χ4n) is 1.68. The molecular weight excluding hydrogens is 240 g/mol. The molecule has 2 N–H and O–H groups in total. The maximum Gasteiger partial charge on any atom is 0.305 e. The molecule has 18 heavy (non-hydrogen) atoms. The molecule has 6 nitrogen and oxygen atoms in total. The topological polar surface area (TPSA) is 85.2 Å². The summed E-state index contributed by atoms with van der Waals surface area (Å²) in [6.45, 7) is 5.29. The van der Waals surface area contributed by atoms with E-state index >= 15 is 0 Å². The van der Waals surface area contributed by atoms with Gasteiger partial charge in [0.1, 0.15) is 24.9 Å². The second-order valence-electron chi connectivity index (χ2n) is 4.86. The van der Waals surface area contributed by atoms with Gasteiger partial charge in [-0.1, -0.05) is 6.92 Å². The molecule has 0 aromatic heterocycles. The molecule has 1 heterocycles. The molecule has 0 unspecified atom stereocenters. The molecule has 1 fully saturated rings. The van der Waals surface area contributed by atoms with E-state index in [2.05, 4.69) is 0 Å². The number of ether oxygens (including phenoxy) is 3. The van der Waals surface area contributed by atoms with Crippen LogP contribution >= 0.6 is 0 Å². The highest BCUT2D eigenvalue weighted by Crippen LogP contribution is 2.25. The smallest absolute Gasteiger partial charge is 0.305 e. The van der Waals surface area contributed by atoms with Crippen molar-refractivity contribution in [2.24, 2.45) is 0 Å². The number of aliphatic hydroxyl groups is 2. The van der Waals surface area contributed by atoms with Gasteiger partial charge in [-0.2, -0.15) is 0 Å². The first-order chi connectivity index (χ1) is 8.35. The van der Waals surface area contributed by atoms with Crippen molar-refractivity contribution in [2.75, 3.05) is 13.2 Å². The summed E-state index contributed by atoms with van der Waals surface area (Å²) in [6.07, 6.45) is -1.93. The monoisotopic (exact) mass is 262 g/mol. The average Bonchev–Trinajstić information content (AvgIpc) is 2.66. The van der Waals surface area contributed by atoms with Gasteiger partial charge in [0.05, 0.1) is 6.61 Å². The number of hydrogen-bond donors (Lipinski definition) is 2. The Balaban J connectivity index is 2.33. The molecule has 6 heteroatoms. The lowest BCUT2D eigenvalue weighted by atomic mass is 10.1. The van der Waals surface area contributed by atoms with Crippen molar-refractivity contribution in [3.05, 3.63) is 0 Å². The van der Waals surface area contributed by atoms with E-state index in [1.807, 2.05) is 6.92 Å². The van der Waals surface area contributed by atoms with Crippen LogP contribution in [0.2, 0.25) is 0 Å². The van der Waals surface area contributed by atoms with Gasteiger partial charge < -0.3 is 24.4 Å². The van der Waals surface area contributed by atoms with Crippen LogP contribution in [-0.2, 0) is 19.0 Å². The quantitative estimate of drug-likeness (QED) is 0.665. The highest BCUT2D eigenvalue weighted by atomic mass is 16.7. The standard InChI is InChI=1S/C12H22O6/c1-4-5-10(14)16-6-8(13)11(15)9-7-17-12(2,3)18-9/h8-9,11,13,15H,4-7H2,1-3H3/t8-,9+,11+/m0/s1. The molecule has 1 aliphatic heterocycles. The van der Waals surface area contributed by atoms with Crippen molar-refractivity contribution in [1.29, 1.82) is 0 Å². The highest BCUT2D eigenvalue weighted by molar-refractivity contribution is 5.69. The van der Waals surface area contributed by atoms with Crippen LogP contribution in [0.25, 0.3) is 0 Å². The molecule has 0 bridgehead atoms. The number of rotatable bonds is 6. The summed E-state index contributed by atoms with van der Waals surface area (Å²) >= 11 is 0. The van der Waals surface area contributed by atoms with Crippen molar-refractivity contribution in [2.45, 2.75) is 57.7 Å². The SMILES string of the molecule is CCCC(=O)OC[C@H](O)[C@@H](O)[C@H]1COC(C)(C)O1. The van der Waals surface area contributed by atoms with E-state index in [-0.39, 0.29) is 19.2 Å². The second kappa shape index (κ2) is 6.47. The Kier molecular flexibility index (Phi) is 5.52. The van der Waals surface area contributed by atoms with Crippen molar-refractivity contribution < 1.29 is 29.2 Å². The number of carbonyl (C=O) groups is 1. The molecule has 1 rings (SSSR count). The summed E-state index contributed by atoms with van der Waals surface area (Å²) in [5, 5.41) is 19.5. The van der Waals surface area contributed by atoms with Gasteiger partial charge >= 0.3 is 5.97 Å². The Hall–Kier alpha value is -0.690. The zero-order chi connectivity index (χ0) is 13.8. The molecule has 0 radical (unpaired) electrons. The lowest BCUT2D eigenvalue weighted by molar-refractivity contribution is -0.168. The van der Waals surface area contributed by atoms with E-state index < -0.39 is 24.1 Å². The third-order valence-electron chi connectivity index (χ3n) is 2.67. The van der Waals surface area contributed by atoms with Gasteiger partial charge in [-0.25, -0.2) is 0 Å². The maximum atomic E-state index is 11.1. The summed E-state index contributed by atoms with van der Waals surface area (Å²) in [5.41, 5.74) is 0. The van der Waals surface area contributed by atoms with Crippen molar-refractivity contribution in [1.82, 2.24) is 0 Å². The van der Waals surface area contributed by atoms with Gasteiger partial charge in [0, 0.05) is 6.42 Å². The Labute approximate surface area is 107 Å². The predicted octanol–water partition coefficient (Wildman–Crippen LogP) is 0.203. The van der Waals surface area contributed by atoms with Gasteiger partial charge in [-0.15, -0.1) is 0 Å². The summed E-state index contributed by atoms with van der Waals surface area (Å²) in [5.74, 6) is -1.14. The van der Waals surface area contributed by atoms with Crippen LogP contribution in [-0.4, -0.2) is 53.5 Å². The first-order valence-corrected chi connectivity index (χ1v) is 6.19. The van der Waals surface area contributed by atoms with Crippen molar-refractivity contribution in [3.63, 3.8) is 0 Å². The molecule has 3 atom stereocenters. The van der Waals surface area contributed by atoms with Gasteiger partial charge in [-0.3, -0.25) is 4.79 Å². The van der Waals surface area contributed by atoms with Crippen molar-refractivity contribution in [3.8, 4) is 0 Å². The summed E-state index contributed by atoms with van der Waals surface area (Å²) in [6, 6.07) is 0. The summed E-state index contributed by atoms with van der Waals surface area (Å²) < 4.78 is 15.5. The van der Waals surface area contributed by atoms with E-state index in [1.165, 1.54) is 0 Å². The number of aliphatic hydroxyl groups excluding tert-OH is 2. The number of esters is 1. The minimum atomic E-state index is -1.17. The minimum Gasteiger partial charge on any atom is -0.463 e. The van der Waals surface area contributed by atoms with Crippen LogP contribution in [0.1, 0.15) is 33.6 Å². The van der Waals surface area contributed by atoms with Crippen LogP contribution in [0.4, 0.5) is 0 Å². The molecule has 106 valence electrons. The van der Waals surface area contributed by atoms with Crippen LogP contribution in [0.5, 0.6) is 0 Å². The van der Waals surface area contributed by atoms with Gasteiger partial charge in [0.15, 0.2) is 5.79 Å². The Morgan fingerprint density at radius 3 is 2.67 bits per heavy atom. The van der Waals surface area contributed by atoms with Crippen molar-refractivity contribution >= 4 is 5.97 Å². The van der Waals surface area contributed by atoms with Crippen LogP contribution in [0.15, 0.2) is 0 Å². The Morgan fingerprint density at radius 1 is 1.50 bits per heavy atom. The van der Waals surface area contributed by atoms with Gasteiger partial charge in [0.2, 0.25) is 0 Å². The van der Waals surface area contributed by atoms with E-state index in [9.17, 15) is 15.0 Å². The third kappa shape index (κ3) is 4.53. The molecule has 1 aliphatic rings. The molecule has 0 aromatic carbocycles. The first kappa shape index (κ1) is 15.4. The Morgan fingerprint density at radius 2 is 2.17 bits per heavy atom. The minimum absolute atomic E-state index is 0.203. The largest absolute Gasteiger partial charge is 0.463 e. The molecular formula is C12H22O6. The third-order valence-corrected chi connectivity index (χ3v) is 2.67. The molecule has 0 saturated carbocycles. The average molecular weight is 262 g/mol. The summed E-state index contributed by atoms with van der Waals surface area (Å²) in [4.78, 5) is 11.1. The van der Waals surface area contributed by atoms with Crippen LogP contribution in [0, 0.1) is 0 Å². The summed E-state index contributed by atoms with van der Waals surface area (Å²) in [7, 11) is 0. The van der Waals surface area contributed by atoms with Crippen LogP contribution < -0.4 is 0 Å².